The number of amides is 1. The molecule has 0 aliphatic rings. The third-order valence-electron chi connectivity index (χ3n) is 8.91. The second kappa shape index (κ2) is 16.8. The second-order valence-electron chi connectivity index (χ2n) is 13.8. The van der Waals surface area contributed by atoms with Crippen LogP contribution in [0.5, 0.6) is 5.75 Å². The van der Waals surface area contributed by atoms with Gasteiger partial charge in [-0.1, -0.05) is 58.9 Å². The molecule has 0 radical (unpaired) electrons. The van der Waals surface area contributed by atoms with Crippen molar-refractivity contribution in [3.63, 3.8) is 0 Å². The van der Waals surface area contributed by atoms with E-state index in [1.165, 1.54) is 42.0 Å². The normalized spacial score (nSPS) is 14.0. The topological polar surface area (TPSA) is 188 Å². The number of nitrogens with one attached hydrogen (secondary N) is 1. The van der Waals surface area contributed by atoms with Crippen molar-refractivity contribution in [3.8, 4) is 16.9 Å². The van der Waals surface area contributed by atoms with Crippen LogP contribution in [0.15, 0.2) is 90.0 Å². The standard InChI is InChI=1S/C39H45FN6O8S/c1-22(2)34(41)36(48)53-37(23(3)4)54-39(49)46(31-18-17-30(55(7,50)51)20-32(31)52-6)38-43-33-19-12-27(21-45(33)44-38)26-10-15-29(16-11-26)42-35(47)24(5)25-8-13-28(40)14-9-25/h8-24,34-35,37,42,47H,41H2,1-7H3/t24-,34+,35?,37?/m1/s1. The van der Waals surface area contributed by atoms with Crippen molar-refractivity contribution >= 4 is 44.9 Å². The predicted octanol–water partition coefficient (Wildman–Crippen LogP) is 6.26. The van der Waals surface area contributed by atoms with Gasteiger partial charge in [0.05, 0.1) is 17.7 Å². The molecule has 14 nitrogen and oxygen atoms in total. The minimum Gasteiger partial charge on any atom is -0.495 e. The molecule has 5 aromatic rings. The molecule has 0 fully saturated rings. The smallest absolute Gasteiger partial charge is 0.424 e. The molecule has 55 heavy (non-hydrogen) atoms. The fraction of sp³-hybridized carbons (Fsp3) is 0.333. The summed E-state index contributed by atoms with van der Waals surface area (Å²) in [6, 6.07) is 19.8. The van der Waals surface area contributed by atoms with Crippen LogP contribution < -0.4 is 20.7 Å². The third kappa shape index (κ3) is 9.57. The van der Waals surface area contributed by atoms with Crippen LogP contribution in [0.1, 0.15) is 46.1 Å². The van der Waals surface area contributed by atoms with Gasteiger partial charge in [-0.3, -0.25) is 4.79 Å². The van der Waals surface area contributed by atoms with Crippen molar-refractivity contribution in [1.82, 2.24) is 14.6 Å². The van der Waals surface area contributed by atoms with Gasteiger partial charge in [-0.15, -0.1) is 5.10 Å². The minimum absolute atomic E-state index is 0.00483. The van der Waals surface area contributed by atoms with Gasteiger partial charge in [0.15, 0.2) is 15.5 Å². The summed E-state index contributed by atoms with van der Waals surface area (Å²) in [6.45, 7) is 8.75. The molecule has 0 saturated heterocycles. The highest BCUT2D eigenvalue weighted by Crippen LogP contribution is 2.36. The van der Waals surface area contributed by atoms with Crippen LogP contribution in [-0.2, 0) is 24.1 Å². The quantitative estimate of drug-likeness (QED) is 0.0850. The van der Waals surface area contributed by atoms with E-state index in [1.807, 2.05) is 37.3 Å². The molecule has 2 aromatic heterocycles. The summed E-state index contributed by atoms with van der Waals surface area (Å²) in [5.41, 5.74) is 9.40. The van der Waals surface area contributed by atoms with Crippen LogP contribution in [0.3, 0.4) is 0 Å². The summed E-state index contributed by atoms with van der Waals surface area (Å²) >= 11 is 0. The lowest BCUT2D eigenvalue weighted by molar-refractivity contribution is -0.177. The van der Waals surface area contributed by atoms with E-state index < -0.39 is 46.4 Å². The number of fused-ring (bicyclic) bond motifs is 1. The van der Waals surface area contributed by atoms with Gasteiger partial charge >= 0.3 is 12.1 Å². The lowest BCUT2D eigenvalue weighted by Crippen LogP contribution is -2.42. The third-order valence-corrected chi connectivity index (χ3v) is 10.0. The summed E-state index contributed by atoms with van der Waals surface area (Å²) < 4.78 is 56.3. The number of aliphatic hydroxyl groups is 1. The summed E-state index contributed by atoms with van der Waals surface area (Å²) in [7, 11) is -2.33. The van der Waals surface area contributed by atoms with Crippen LogP contribution in [0.25, 0.3) is 16.8 Å². The van der Waals surface area contributed by atoms with Crippen molar-refractivity contribution < 1.29 is 41.7 Å². The van der Waals surface area contributed by atoms with Crippen molar-refractivity contribution in [2.24, 2.45) is 17.6 Å². The summed E-state index contributed by atoms with van der Waals surface area (Å²) in [5.74, 6) is -2.27. The van der Waals surface area contributed by atoms with Gasteiger partial charge in [0, 0.05) is 41.6 Å². The molecule has 16 heteroatoms. The number of benzene rings is 3. The molecule has 3 aromatic carbocycles. The molecule has 5 rings (SSSR count). The van der Waals surface area contributed by atoms with Crippen LogP contribution >= 0.6 is 0 Å². The first-order chi connectivity index (χ1) is 26.0. The zero-order valence-corrected chi connectivity index (χ0v) is 32.3. The summed E-state index contributed by atoms with van der Waals surface area (Å²) in [6.07, 6.45) is -0.564. The average molecular weight is 777 g/mol. The number of pyridine rings is 1. The Morgan fingerprint density at radius 1 is 0.909 bits per heavy atom. The molecule has 1 amide bonds. The van der Waals surface area contributed by atoms with Gasteiger partial charge < -0.3 is 30.4 Å². The van der Waals surface area contributed by atoms with E-state index in [2.05, 4.69) is 15.4 Å². The van der Waals surface area contributed by atoms with Crippen LogP contribution in [0.2, 0.25) is 0 Å². The molecule has 0 aliphatic heterocycles. The molecule has 0 spiro atoms. The van der Waals surface area contributed by atoms with Crippen LogP contribution in [-0.4, -0.2) is 72.1 Å². The van der Waals surface area contributed by atoms with E-state index in [4.69, 9.17) is 19.9 Å². The fourth-order valence-electron chi connectivity index (χ4n) is 5.41. The number of nitrogens with zero attached hydrogens (tertiary/aromatic N) is 4. The molecule has 0 aliphatic carbocycles. The van der Waals surface area contributed by atoms with Crippen molar-refractivity contribution in [2.45, 2.75) is 64.0 Å². The number of sulfone groups is 1. The lowest BCUT2D eigenvalue weighted by Gasteiger charge is -2.27. The van der Waals surface area contributed by atoms with E-state index in [1.54, 1.807) is 52.1 Å². The predicted molar refractivity (Wildman–Crippen MR) is 205 cm³/mol. The number of anilines is 3. The minimum atomic E-state index is -3.65. The molecule has 4 atom stereocenters. The largest absolute Gasteiger partial charge is 0.495 e. The summed E-state index contributed by atoms with van der Waals surface area (Å²) in [5, 5.41) is 18.4. The maximum Gasteiger partial charge on any atom is 0.424 e. The molecule has 0 saturated carbocycles. The Balaban J connectivity index is 1.46. The molecule has 2 unspecified atom stereocenters. The number of carbonyl (C=O) groups is 2. The fourth-order valence-corrected chi connectivity index (χ4v) is 6.05. The van der Waals surface area contributed by atoms with Crippen molar-refractivity contribution in [2.75, 3.05) is 23.6 Å². The Kier molecular flexibility index (Phi) is 12.4. The number of halogens is 1. The number of aliphatic hydroxyl groups excluding tert-OH is 1. The summed E-state index contributed by atoms with van der Waals surface area (Å²) in [4.78, 5) is 32.4. The van der Waals surface area contributed by atoms with E-state index in [0.29, 0.717) is 11.3 Å². The van der Waals surface area contributed by atoms with Gasteiger partial charge in [-0.2, -0.15) is 4.98 Å². The first-order valence-corrected chi connectivity index (χ1v) is 19.4. The second-order valence-corrected chi connectivity index (χ2v) is 15.8. The molecule has 4 N–H and O–H groups in total. The number of nitrogens with two attached hydrogens (primary N) is 1. The Morgan fingerprint density at radius 3 is 2.16 bits per heavy atom. The van der Waals surface area contributed by atoms with E-state index in [0.717, 1.165) is 27.8 Å². The highest BCUT2D eigenvalue weighted by atomic mass is 32.2. The van der Waals surface area contributed by atoms with Crippen molar-refractivity contribution in [3.05, 3.63) is 96.4 Å². The number of hydrogen-bond donors (Lipinski definition) is 3. The van der Waals surface area contributed by atoms with E-state index in [9.17, 15) is 27.5 Å². The molecule has 2 heterocycles. The zero-order chi connectivity index (χ0) is 40.2. The van der Waals surface area contributed by atoms with Gasteiger partial charge in [0.1, 0.15) is 23.8 Å². The number of esters is 1. The Morgan fingerprint density at radius 2 is 1.56 bits per heavy atom. The van der Waals surface area contributed by atoms with Gasteiger partial charge in [0.2, 0.25) is 0 Å². The molecule has 0 bridgehead atoms. The first-order valence-electron chi connectivity index (χ1n) is 17.5. The van der Waals surface area contributed by atoms with Gasteiger partial charge in [-0.25, -0.2) is 27.0 Å². The monoisotopic (exact) mass is 776 g/mol. The van der Waals surface area contributed by atoms with E-state index >= 15 is 0 Å². The van der Waals surface area contributed by atoms with Crippen LogP contribution in [0, 0.1) is 17.7 Å². The number of hydrogen-bond acceptors (Lipinski definition) is 12. The first kappa shape index (κ1) is 40.6. The Hall–Kier alpha value is -5.58. The molecule has 292 valence electrons. The zero-order valence-electron chi connectivity index (χ0n) is 31.5. The maximum atomic E-state index is 14.1. The number of carbonyl (C=O) groups excluding carboxylic acids is 2. The van der Waals surface area contributed by atoms with Crippen molar-refractivity contribution in [1.29, 1.82) is 0 Å². The molecular formula is C39H45FN6O8S. The highest BCUT2D eigenvalue weighted by Gasteiger charge is 2.33. The number of ether oxygens (including phenoxy) is 3. The van der Waals surface area contributed by atoms with Gasteiger partial charge in [-0.05, 0) is 65.6 Å². The highest BCUT2D eigenvalue weighted by molar-refractivity contribution is 7.90. The molecular weight excluding hydrogens is 732 g/mol. The number of methoxy groups -OCH3 is 1. The SMILES string of the molecule is COc1cc(S(C)(=O)=O)ccc1N(C(=O)OC(OC(=O)[C@@H](N)C(C)C)C(C)C)c1nc2ccc(-c3ccc(NC(O)[C@H](C)c4ccc(F)cc4)cc3)cn2n1. The van der Waals surface area contributed by atoms with E-state index in [-0.39, 0.29) is 39.9 Å². The average Bonchev–Trinajstić information content (AvgIpc) is 3.57. The Labute approximate surface area is 319 Å². The Bertz CT molecular complexity index is 2250. The number of rotatable bonds is 14. The number of aromatic nitrogens is 3. The maximum absolute atomic E-state index is 14.1. The van der Waals surface area contributed by atoms with Gasteiger partial charge in [0.25, 0.3) is 12.2 Å². The van der Waals surface area contributed by atoms with Crippen LogP contribution in [0.4, 0.5) is 26.5 Å². The lowest BCUT2D eigenvalue weighted by atomic mass is 9.99.